The summed E-state index contributed by atoms with van der Waals surface area (Å²) in [5.74, 6) is 0.527. The summed E-state index contributed by atoms with van der Waals surface area (Å²) in [5.41, 5.74) is 1.99. The molecule has 0 atom stereocenters. The lowest BCUT2D eigenvalue weighted by Gasteiger charge is -2.23. The molecule has 0 saturated heterocycles. The average Bonchev–Trinajstić information content (AvgIpc) is 3.20. The summed E-state index contributed by atoms with van der Waals surface area (Å²) < 4.78 is 4.77. The smallest absolute Gasteiger partial charge is 0.325 e. The van der Waals surface area contributed by atoms with Crippen molar-refractivity contribution in [2.75, 3.05) is 7.11 Å². The van der Waals surface area contributed by atoms with Crippen molar-refractivity contribution in [3.8, 4) is 0 Å². The molecule has 98 valence electrons. The fraction of sp³-hybridized carbons (Fsp3) is 0.533. The van der Waals surface area contributed by atoms with E-state index in [9.17, 15) is 4.79 Å². The molecule has 18 heavy (non-hydrogen) atoms. The Morgan fingerprint density at radius 3 is 2.78 bits per heavy atom. The molecule has 0 unspecified atom stereocenters. The Labute approximate surface area is 109 Å². The van der Waals surface area contributed by atoms with Crippen molar-refractivity contribution >= 4 is 5.97 Å². The second-order valence-electron chi connectivity index (χ2n) is 5.49. The summed E-state index contributed by atoms with van der Waals surface area (Å²) in [6.45, 7) is 4.36. The van der Waals surface area contributed by atoms with Gasteiger partial charge in [-0.05, 0) is 43.7 Å². The number of hydrogen-bond donors (Lipinski definition) is 1. The Balaban J connectivity index is 1.97. The van der Waals surface area contributed by atoms with Gasteiger partial charge >= 0.3 is 5.97 Å². The minimum atomic E-state index is -0.648. The van der Waals surface area contributed by atoms with E-state index in [1.807, 2.05) is 13.8 Å². The first-order valence-electron chi connectivity index (χ1n) is 6.45. The Morgan fingerprint density at radius 1 is 1.44 bits per heavy atom. The van der Waals surface area contributed by atoms with Gasteiger partial charge in [-0.1, -0.05) is 24.3 Å². The van der Waals surface area contributed by atoms with Crippen molar-refractivity contribution in [3.05, 3.63) is 35.4 Å². The summed E-state index contributed by atoms with van der Waals surface area (Å²) in [4.78, 5) is 11.6. The van der Waals surface area contributed by atoms with Crippen molar-refractivity contribution in [1.29, 1.82) is 0 Å². The summed E-state index contributed by atoms with van der Waals surface area (Å²) in [7, 11) is 1.42. The van der Waals surface area contributed by atoms with E-state index in [-0.39, 0.29) is 5.97 Å². The standard InChI is InChI=1S/C15H21NO2/c1-15(2,14(17)18-3)16-10-11-5-4-6-13(9-11)12-7-8-12/h4-6,9,12,16H,7-8,10H2,1-3H3. The van der Waals surface area contributed by atoms with Crippen LogP contribution in [0.4, 0.5) is 0 Å². The molecule has 3 heteroatoms. The van der Waals surface area contributed by atoms with Crippen LogP contribution in [0.25, 0.3) is 0 Å². The fourth-order valence-corrected chi connectivity index (χ4v) is 2.02. The van der Waals surface area contributed by atoms with Gasteiger partial charge in [0.2, 0.25) is 0 Å². The van der Waals surface area contributed by atoms with E-state index in [4.69, 9.17) is 4.74 Å². The van der Waals surface area contributed by atoms with Crippen LogP contribution in [-0.2, 0) is 16.1 Å². The van der Waals surface area contributed by atoms with Gasteiger partial charge in [0.05, 0.1) is 7.11 Å². The maximum Gasteiger partial charge on any atom is 0.325 e. The average molecular weight is 247 g/mol. The van der Waals surface area contributed by atoms with Crippen LogP contribution in [0.1, 0.15) is 43.7 Å². The molecule has 1 saturated carbocycles. The molecule has 0 aliphatic heterocycles. The van der Waals surface area contributed by atoms with E-state index in [1.54, 1.807) is 0 Å². The van der Waals surface area contributed by atoms with Gasteiger partial charge in [-0.25, -0.2) is 0 Å². The predicted molar refractivity (Wildman–Crippen MR) is 71.4 cm³/mol. The van der Waals surface area contributed by atoms with Crippen LogP contribution in [-0.4, -0.2) is 18.6 Å². The monoisotopic (exact) mass is 247 g/mol. The second-order valence-corrected chi connectivity index (χ2v) is 5.49. The van der Waals surface area contributed by atoms with Crippen molar-refractivity contribution in [2.24, 2.45) is 0 Å². The van der Waals surface area contributed by atoms with E-state index < -0.39 is 5.54 Å². The zero-order valence-electron chi connectivity index (χ0n) is 11.3. The Hall–Kier alpha value is -1.35. The first-order chi connectivity index (χ1) is 8.53. The van der Waals surface area contributed by atoms with Gasteiger partial charge in [0.15, 0.2) is 0 Å². The van der Waals surface area contributed by atoms with Gasteiger partial charge in [0.1, 0.15) is 5.54 Å². The lowest BCUT2D eigenvalue weighted by Crippen LogP contribution is -2.46. The van der Waals surface area contributed by atoms with Crippen molar-refractivity contribution in [1.82, 2.24) is 5.32 Å². The van der Waals surface area contributed by atoms with E-state index in [0.29, 0.717) is 6.54 Å². The van der Waals surface area contributed by atoms with Crippen LogP contribution in [0.5, 0.6) is 0 Å². The maximum atomic E-state index is 11.6. The van der Waals surface area contributed by atoms with E-state index in [1.165, 1.54) is 31.1 Å². The van der Waals surface area contributed by atoms with E-state index in [2.05, 4.69) is 29.6 Å². The van der Waals surface area contributed by atoms with Gasteiger partial charge in [0, 0.05) is 6.54 Å². The molecule has 0 aromatic heterocycles. The molecule has 0 heterocycles. The minimum Gasteiger partial charge on any atom is -0.468 e. The largest absolute Gasteiger partial charge is 0.468 e. The van der Waals surface area contributed by atoms with Gasteiger partial charge in [-0.2, -0.15) is 0 Å². The number of esters is 1. The number of rotatable bonds is 5. The van der Waals surface area contributed by atoms with Crippen molar-refractivity contribution < 1.29 is 9.53 Å². The molecular formula is C15H21NO2. The van der Waals surface area contributed by atoms with Crippen LogP contribution in [0.15, 0.2) is 24.3 Å². The highest BCUT2D eigenvalue weighted by molar-refractivity contribution is 5.79. The predicted octanol–water partition coefficient (Wildman–Crippen LogP) is 2.61. The molecule has 0 spiro atoms. The number of ether oxygens (including phenoxy) is 1. The summed E-state index contributed by atoms with van der Waals surface area (Å²) in [6.07, 6.45) is 2.62. The third kappa shape index (κ3) is 3.10. The first kappa shape index (κ1) is 13.1. The molecule has 1 aromatic rings. The van der Waals surface area contributed by atoms with Gasteiger partial charge < -0.3 is 4.74 Å². The number of carbonyl (C=O) groups excluding carboxylic acids is 1. The quantitative estimate of drug-likeness (QED) is 0.813. The third-order valence-corrected chi connectivity index (χ3v) is 3.43. The molecule has 3 nitrogen and oxygen atoms in total. The highest BCUT2D eigenvalue weighted by Gasteiger charge is 2.28. The Kier molecular flexibility index (Phi) is 3.71. The van der Waals surface area contributed by atoms with Crippen LogP contribution >= 0.6 is 0 Å². The first-order valence-corrected chi connectivity index (χ1v) is 6.45. The van der Waals surface area contributed by atoms with Crippen molar-refractivity contribution in [2.45, 2.75) is 44.7 Å². The van der Waals surface area contributed by atoms with Gasteiger partial charge in [-0.15, -0.1) is 0 Å². The van der Waals surface area contributed by atoms with Gasteiger partial charge in [-0.3, -0.25) is 10.1 Å². The highest BCUT2D eigenvalue weighted by Crippen LogP contribution is 2.40. The number of carbonyl (C=O) groups is 1. The third-order valence-electron chi connectivity index (χ3n) is 3.43. The van der Waals surface area contributed by atoms with Crippen molar-refractivity contribution in [3.63, 3.8) is 0 Å². The summed E-state index contributed by atoms with van der Waals surface area (Å²) in [5, 5.41) is 3.24. The molecule has 1 N–H and O–H groups in total. The Bertz CT molecular complexity index is 436. The lowest BCUT2D eigenvalue weighted by atomic mass is 10.0. The molecule has 1 aromatic carbocycles. The SMILES string of the molecule is COC(=O)C(C)(C)NCc1cccc(C2CC2)c1. The molecular weight excluding hydrogens is 226 g/mol. The van der Waals surface area contributed by atoms with Crippen LogP contribution in [0.2, 0.25) is 0 Å². The highest BCUT2D eigenvalue weighted by atomic mass is 16.5. The zero-order chi connectivity index (χ0) is 13.2. The fourth-order valence-electron chi connectivity index (χ4n) is 2.02. The molecule has 2 rings (SSSR count). The molecule has 0 radical (unpaired) electrons. The van der Waals surface area contributed by atoms with Gasteiger partial charge in [0.25, 0.3) is 0 Å². The van der Waals surface area contributed by atoms with Crippen LogP contribution < -0.4 is 5.32 Å². The van der Waals surface area contributed by atoms with E-state index in [0.717, 1.165) is 5.92 Å². The Morgan fingerprint density at radius 2 is 2.17 bits per heavy atom. The summed E-state index contributed by atoms with van der Waals surface area (Å²) in [6, 6.07) is 8.60. The topological polar surface area (TPSA) is 38.3 Å². The maximum absolute atomic E-state index is 11.6. The lowest BCUT2D eigenvalue weighted by molar-refractivity contribution is -0.147. The molecule has 1 fully saturated rings. The second kappa shape index (κ2) is 5.11. The van der Waals surface area contributed by atoms with Crippen LogP contribution in [0.3, 0.4) is 0 Å². The van der Waals surface area contributed by atoms with E-state index >= 15 is 0 Å². The molecule has 0 bridgehead atoms. The number of hydrogen-bond acceptors (Lipinski definition) is 3. The zero-order valence-corrected chi connectivity index (χ0v) is 11.3. The molecule has 1 aliphatic rings. The van der Waals surface area contributed by atoms with Crippen LogP contribution in [0, 0.1) is 0 Å². The normalized spacial score (nSPS) is 15.5. The summed E-state index contributed by atoms with van der Waals surface area (Å²) >= 11 is 0. The number of nitrogens with one attached hydrogen (secondary N) is 1. The number of benzene rings is 1. The molecule has 1 aliphatic carbocycles. The number of methoxy groups -OCH3 is 1. The minimum absolute atomic E-state index is 0.235. The molecule has 0 amide bonds.